The largest absolute Gasteiger partial charge is 0.366 e. The Morgan fingerprint density at radius 1 is 1.15 bits per heavy atom. The van der Waals surface area contributed by atoms with E-state index in [-0.39, 0.29) is 0 Å². The van der Waals surface area contributed by atoms with E-state index in [4.69, 9.17) is 5.73 Å². The van der Waals surface area contributed by atoms with Crippen LogP contribution >= 0.6 is 15.9 Å². The zero-order valence-corrected chi connectivity index (χ0v) is 15.6. The Hall–Kier alpha value is -2.93. The number of aromatic nitrogens is 3. The Morgan fingerprint density at radius 3 is 2.50 bits per heavy atom. The lowest BCUT2D eigenvalue weighted by atomic mass is 9.95. The minimum Gasteiger partial charge on any atom is -0.366 e. The molecule has 1 aliphatic rings. The predicted molar refractivity (Wildman–Crippen MR) is 103 cm³/mol. The van der Waals surface area contributed by atoms with Gasteiger partial charge in [0.05, 0.1) is 5.57 Å². The van der Waals surface area contributed by atoms with Crippen molar-refractivity contribution >= 4 is 27.8 Å². The highest BCUT2D eigenvalue weighted by Crippen LogP contribution is 2.36. The number of anilines is 1. The minimum absolute atomic E-state index is 0.429. The number of rotatable bonds is 3. The summed E-state index contributed by atoms with van der Waals surface area (Å²) in [6.07, 6.45) is 0. The van der Waals surface area contributed by atoms with Crippen LogP contribution in [-0.4, -0.2) is 20.7 Å². The molecule has 0 saturated heterocycles. The topological polar surface area (TPSA) is 85.8 Å². The Labute approximate surface area is 158 Å². The first-order valence-electron chi connectivity index (χ1n) is 8.09. The summed E-state index contributed by atoms with van der Waals surface area (Å²) in [7, 11) is 0. The van der Waals surface area contributed by atoms with Crippen LogP contribution in [-0.2, 0) is 4.79 Å². The molecule has 2 aromatic carbocycles. The van der Waals surface area contributed by atoms with Crippen LogP contribution in [0.15, 0.2) is 70.3 Å². The summed E-state index contributed by atoms with van der Waals surface area (Å²) in [6.45, 7) is 1.83. The van der Waals surface area contributed by atoms with Crippen LogP contribution in [0.3, 0.4) is 0 Å². The molecule has 7 heteroatoms. The number of benzene rings is 2. The summed E-state index contributed by atoms with van der Waals surface area (Å²) in [5.74, 6) is 0.693. The van der Waals surface area contributed by atoms with Gasteiger partial charge >= 0.3 is 0 Å². The van der Waals surface area contributed by atoms with Gasteiger partial charge in [-0.3, -0.25) is 4.79 Å². The average Bonchev–Trinajstić information content (AvgIpc) is 3.05. The molecular formula is C19H16BrN5O. The van der Waals surface area contributed by atoms with E-state index in [0.717, 1.165) is 15.6 Å². The van der Waals surface area contributed by atoms with E-state index in [0.29, 0.717) is 23.0 Å². The van der Waals surface area contributed by atoms with E-state index in [1.165, 1.54) is 0 Å². The summed E-state index contributed by atoms with van der Waals surface area (Å²) < 4.78 is 2.68. The molecule has 1 amide bonds. The van der Waals surface area contributed by atoms with Gasteiger partial charge in [0.15, 0.2) is 5.82 Å². The zero-order chi connectivity index (χ0) is 18.3. The van der Waals surface area contributed by atoms with Crippen molar-refractivity contribution in [3.8, 4) is 11.4 Å². The highest BCUT2D eigenvalue weighted by atomic mass is 79.9. The van der Waals surface area contributed by atoms with Gasteiger partial charge in [0.2, 0.25) is 11.9 Å². The van der Waals surface area contributed by atoms with Crippen LogP contribution in [0.25, 0.3) is 11.4 Å². The van der Waals surface area contributed by atoms with Gasteiger partial charge < -0.3 is 11.1 Å². The van der Waals surface area contributed by atoms with Crippen molar-refractivity contribution in [1.29, 1.82) is 0 Å². The number of fused-ring (bicyclic) bond motifs is 1. The van der Waals surface area contributed by atoms with Gasteiger partial charge in [-0.25, -0.2) is 4.68 Å². The molecule has 6 nitrogen and oxygen atoms in total. The molecule has 0 aliphatic carbocycles. The summed E-state index contributed by atoms with van der Waals surface area (Å²) in [5, 5.41) is 7.81. The summed E-state index contributed by atoms with van der Waals surface area (Å²) in [5.41, 5.74) is 8.66. The van der Waals surface area contributed by atoms with Crippen LogP contribution < -0.4 is 11.1 Å². The van der Waals surface area contributed by atoms with Crippen LogP contribution in [0.4, 0.5) is 5.95 Å². The smallest absolute Gasteiger partial charge is 0.248 e. The second-order valence-corrected chi connectivity index (χ2v) is 6.97. The Kier molecular flexibility index (Phi) is 4.08. The summed E-state index contributed by atoms with van der Waals surface area (Å²) >= 11 is 3.44. The van der Waals surface area contributed by atoms with Crippen LogP contribution in [0.2, 0.25) is 0 Å². The molecular weight excluding hydrogens is 394 g/mol. The first-order valence-corrected chi connectivity index (χ1v) is 8.89. The molecule has 3 N–H and O–H groups in total. The molecule has 0 radical (unpaired) electrons. The molecule has 0 fully saturated rings. The molecule has 0 spiro atoms. The standard InChI is InChI=1S/C19H16BrN5O/c1-11-15(17(21)26)16(12-7-9-14(20)10-8-12)25-19(22-11)23-18(24-25)13-5-3-2-4-6-13/h2-10,16H,1H3,(H2,21,26)(H,22,23,24)/t16-/m1/s1. The van der Waals surface area contributed by atoms with Gasteiger partial charge in [0, 0.05) is 15.7 Å². The fourth-order valence-electron chi connectivity index (χ4n) is 3.13. The van der Waals surface area contributed by atoms with Crippen molar-refractivity contribution in [2.75, 3.05) is 5.32 Å². The van der Waals surface area contributed by atoms with Crippen molar-refractivity contribution < 1.29 is 4.79 Å². The molecule has 4 rings (SSSR count). The van der Waals surface area contributed by atoms with E-state index >= 15 is 0 Å². The van der Waals surface area contributed by atoms with E-state index < -0.39 is 11.9 Å². The van der Waals surface area contributed by atoms with Crippen LogP contribution in [0.5, 0.6) is 0 Å². The molecule has 1 aromatic heterocycles. The SMILES string of the molecule is CC1=C(C(N)=O)[C@@H](c2ccc(Br)cc2)n2nc(-c3ccccc3)nc2N1. The third-order valence-corrected chi connectivity index (χ3v) is 4.86. The number of nitrogens with zero attached hydrogens (tertiary/aromatic N) is 3. The van der Waals surface area contributed by atoms with Crippen molar-refractivity contribution in [1.82, 2.24) is 14.8 Å². The maximum atomic E-state index is 12.2. The summed E-state index contributed by atoms with van der Waals surface area (Å²) in [6, 6.07) is 17.0. The Balaban J connectivity index is 1.88. The van der Waals surface area contributed by atoms with E-state index in [2.05, 4.69) is 31.3 Å². The predicted octanol–water partition coefficient (Wildman–Crippen LogP) is 3.48. The van der Waals surface area contributed by atoms with Gasteiger partial charge in [0.1, 0.15) is 6.04 Å². The van der Waals surface area contributed by atoms with Gasteiger partial charge in [-0.2, -0.15) is 4.98 Å². The third kappa shape index (κ3) is 2.80. The fourth-order valence-corrected chi connectivity index (χ4v) is 3.40. The lowest BCUT2D eigenvalue weighted by Gasteiger charge is -2.27. The molecule has 3 aromatic rings. The number of carbonyl (C=O) groups excluding carboxylic acids is 1. The number of carbonyl (C=O) groups is 1. The number of primary amides is 1. The number of hydrogen-bond acceptors (Lipinski definition) is 4. The van der Waals surface area contributed by atoms with Gasteiger partial charge in [-0.15, -0.1) is 5.10 Å². The number of allylic oxidation sites excluding steroid dienone is 1. The second kappa shape index (κ2) is 6.42. The number of nitrogens with one attached hydrogen (secondary N) is 1. The minimum atomic E-state index is -0.481. The highest BCUT2D eigenvalue weighted by Gasteiger charge is 2.33. The van der Waals surface area contributed by atoms with Gasteiger partial charge in [0.25, 0.3) is 0 Å². The molecule has 1 aliphatic heterocycles. The lowest BCUT2D eigenvalue weighted by Crippen LogP contribution is -2.31. The zero-order valence-electron chi connectivity index (χ0n) is 14.0. The monoisotopic (exact) mass is 409 g/mol. The van der Waals surface area contributed by atoms with Crippen molar-refractivity contribution in [2.45, 2.75) is 13.0 Å². The number of hydrogen-bond donors (Lipinski definition) is 2. The van der Waals surface area contributed by atoms with Crippen LogP contribution in [0, 0.1) is 0 Å². The molecule has 1 atom stereocenters. The van der Waals surface area contributed by atoms with E-state index in [9.17, 15) is 4.79 Å². The quantitative estimate of drug-likeness (QED) is 0.692. The highest BCUT2D eigenvalue weighted by molar-refractivity contribution is 9.10. The van der Waals surface area contributed by atoms with Crippen molar-refractivity contribution in [2.24, 2.45) is 5.73 Å². The Bertz CT molecular complexity index is 1010. The van der Waals surface area contributed by atoms with Crippen molar-refractivity contribution in [3.05, 3.63) is 75.9 Å². The maximum Gasteiger partial charge on any atom is 0.248 e. The Morgan fingerprint density at radius 2 is 1.85 bits per heavy atom. The third-order valence-electron chi connectivity index (χ3n) is 4.34. The molecule has 2 heterocycles. The van der Waals surface area contributed by atoms with E-state index in [1.54, 1.807) is 4.68 Å². The maximum absolute atomic E-state index is 12.2. The number of amides is 1. The number of nitrogens with two attached hydrogens (primary N) is 1. The molecule has 0 saturated carbocycles. The van der Waals surface area contributed by atoms with Gasteiger partial charge in [-0.05, 0) is 24.6 Å². The average molecular weight is 410 g/mol. The first kappa shape index (κ1) is 16.5. The molecule has 0 unspecified atom stereocenters. The fraction of sp³-hybridized carbons (Fsp3) is 0.105. The molecule has 26 heavy (non-hydrogen) atoms. The van der Waals surface area contributed by atoms with Crippen LogP contribution in [0.1, 0.15) is 18.5 Å². The number of halogens is 1. The molecule has 0 bridgehead atoms. The van der Waals surface area contributed by atoms with E-state index in [1.807, 2.05) is 61.5 Å². The van der Waals surface area contributed by atoms with Crippen molar-refractivity contribution in [3.63, 3.8) is 0 Å². The summed E-state index contributed by atoms with van der Waals surface area (Å²) in [4.78, 5) is 16.8. The molecule has 130 valence electrons. The first-order chi connectivity index (χ1) is 12.5. The lowest BCUT2D eigenvalue weighted by molar-refractivity contribution is -0.115. The normalized spacial score (nSPS) is 16.2. The van der Waals surface area contributed by atoms with Gasteiger partial charge in [-0.1, -0.05) is 58.4 Å². The second-order valence-electron chi connectivity index (χ2n) is 6.05.